The maximum Gasteiger partial charge on any atom is 0.254 e. The molecule has 1 aromatic carbocycles. The molecule has 1 heterocycles. The molecule has 2 aromatic rings. The average Bonchev–Trinajstić information content (AvgIpc) is 2.47. The number of nitrogens with one attached hydrogen (secondary N) is 1. The zero-order valence-electron chi connectivity index (χ0n) is 10.5. The van der Waals surface area contributed by atoms with E-state index in [2.05, 4.69) is 15.3 Å². The zero-order chi connectivity index (χ0) is 13.5. The van der Waals surface area contributed by atoms with Crippen molar-refractivity contribution in [1.29, 1.82) is 0 Å². The Morgan fingerprint density at radius 3 is 2.37 bits per heavy atom. The van der Waals surface area contributed by atoms with Gasteiger partial charge in [-0.2, -0.15) is 0 Å². The highest BCUT2D eigenvalue weighted by molar-refractivity contribution is 5.93. The number of carbonyl (C=O) groups is 1. The van der Waals surface area contributed by atoms with Gasteiger partial charge in [0.15, 0.2) is 0 Å². The molecule has 0 spiro atoms. The summed E-state index contributed by atoms with van der Waals surface area (Å²) < 4.78 is 0. The normalized spacial score (nSPS) is 10.2. The molecular formula is C14H16N4O. The summed E-state index contributed by atoms with van der Waals surface area (Å²) >= 11 is 0. The molecule has 0 saturated carbocycles. The standard InChI is InChI=1S/C14H16N4O/c15-6-5-11-1-3-12(4-2-11)7-18-14(19)13-8-16-10-17-9-13/h1-4,8-10H,5-7,15H2,(H,18,19). The Bertz CT molecular complexity index is 525. The van der Waals surface area contributed by atoms with Gasteiger partial charge in [-0.3, -0.25) is 4.79 Å². The van der Waals surface area contributed by atoms with Crippen LogP contribution in [0.25, 0.3) is 0 Å². The molecule has 0 radical (unpaired) electrons. The van der Waals surface area contributed by atoms with Crippen LogP contribution in [0.1, 0.15) is 21.5 Å². The van der Waals surface area contributed by atoms with E-state index in [1.54, 1.807) is 0 Å². The summed E-state index contributed by atoms with van der Waals surface area (Å²) in [6, 6.07) is 8.04. The number of rotatable bonds is 5. The molecule has 3 N–H and O–H groups in total. The summed E-state index contributed by atoms with van der Waals surface area (Å²) in [6.07, 6.45) is 5.25. The second-order valence-corrected chi connectivity index (χ2v) is 4.17. The molecule has 98 valence electrons. The second kappa shape index (κ2) is 6.61. The van der Waals surface area contributed by atoms with Crippen molar-refractivity contribution in [3.63, 3.8) is 0 Å². The highest BCUT2D eigenvalue weighted by Crippen LogP contribution is 2.05. The number of aromatic nitrogens is 2. The number of nitrogens with zero attached hydrogens (tertiary/aromatic N) is 2. The van der Waals surface area contributed by atoms with E-state index in [4.69, 9.17) is 5.73 Å². The number of hydrogen-bond donors (Lipinski definition) is 2. The van der Waals surface area contributed by atoms with Gasteiger partial charge >= 0.3 is 0 Å². The Balaban J connectivity index is 1.90. The summed E-state index contributed by atoms with van der Waals surface area (Å²) in [7, 11) is 0. The number of hydrogen-bond acceptors (Lipinski definition) is 4. The highest BCUT2D eigenvalue weighted by atomic mass is 16.1. The van der Waals surface area contributed by atoms with Crippen molar-refractivity contribution in [2.45, 2.75) is 13.0 Å². The smallest absolute Gasteiger partial charge is 0.254 e. The van der Waals surface area contributed by atoms with Gasteiger partial charge in [0.25, 0.3) is 5.91 Å². The van der Waals surface area contributed by atoms with Crippen molar-refractivity contribution in [3.05, 3.63) is 59.7 Å². The molecule has 1 aromatic heterocycles. The molecule has 5 nitrogen and oxygen atoms in total. The first-order chi connectivity index (χ1) is 9.29. The molecule has 0 fully saturated rings. The van der Waals surface area contributed by atoms with Gasteiger partial charge in [0.05, 0.1) is 5.56 Å². The van der Waals surface area contributed by atoms with Gasteiger partial charge in [0.2, 0.25) is 0 Å². The quantitative estimate of drug-likeness (QED) is 0.833. The van der Waals surface area contributed by atoms with Gasteiger partial charge in [-0.25, -0.2) is 9.97 Å². The Labute approximate surface area is 111 Å². The molecule has 0 aliphatic carbocycles. The Morgan fingerprint density at radius 1 is 1.11 bits per heavy atom. The van der Waals surface area contributed by atoms with E-state index in [0.717, 1.165) is 12.0 Å². The van der Waals surface area contributed by atoms with Crippen molar-refractivity contribution in [3.8, 4) is 0 Å². The number of nitrogens with two attached hydrogens (primary N) is 1. The molecule has 5 heteroatoms. The first kappa shape index (κ1) is 13.2. The van der Waals surface area contributed by atoms with Gasteiger partial charge in [0, 0.05) is 18.9 Å². The molecular weight excluding hydrogens is 240 g/mol. The van der Waals surface area contributed by atoms with E-state index in [1.165, 1.54) is 24.3 Å². The van der Waals surface area contributed by atoms with Crippen LogP contribution in [0.4, 0.5) is 0 Å². The monoisotopic (exact) mass is 256 g/mol. The fourth-order valence-electron chi connectivity index (χ4n) is 1.69. The fraction of sp³-hybridized carbons (Fsp3) is 0.214. The molecule has 0 atom stereocenters. The second-order valence-electron chi connectivity index (χ2n) is 4.17. The third-order valence-electron chi connectivity index (χ3n) is 2.73. The minimum absolute atomic E-state index is 0.174. The lowest BCUT2D eigenvalue weighted by atomic mass is 10.1. The summed E-state index contributed by atoms with van der Waals surface area (Å²) in [4.78, 5) is 19.4. The lowest BCUT2D eigenvalue weighted by Gasteiger charge is -2.06. The van der Waals surface area contributed by atoms with E-state index >= 15 is 0 Å². The van der Waals surface area contributed by atoms with Gasteiger partial charge in [-0.05, 0) is 24.1 Å². The summed E-state index contributed by atoms with van der Waals surface area (Å²) in [6.45, 7) is 1.13. The lowest BCUT2D eigenvalue weighted by molar-refractivity contribution is 0.0950. The van der Waals surface area contributed by atoms with Crippen molar-refractivity contribution < 1.29 is 4.79 Å². The topological polar surface area (TPSA) is 80.9 Å². The predicted octanol–water partition coefficient (Wildman–Crippen LogP) is 0.908. The van der Waals surface area contributed by atoms with E-state index < -0.39 is 0 Å². The number of benzene rings is 1. The van der Waals surface area contributed by atoms with Crippen LogP contribution < -0.4 is 11.1 Å². The maximum atomic E-state index is 11.8. The van der Waals surface area contributed by atoms with Gasteiger partial charge < -0.3 is 11.1 Å². The molecule has 2 rings (SSSR count). The maximum absolute atomic E-state index is 11.8. The van der Waals surface area contributed by atoms with Crippen molar-refractivity contribution >= 4 is 5.91 Å². The molecule has 0 aliphatic rings. The Kier molecular flexibility index (Phi) is 4.58. The van der Waals surface area contributed by atoms with E-state index in [0.29, 0.717) is 18.7 Å². The number of amides is 1. The predicted molar refractivity (Wildman–Crippen MR) is 72.4 cm³/mol. The van der Waals surface area contributed by atoms with Crippen LogP contribution in [0, 0.1) is 0 Å². The summed E-state index contributed by atoms with van der Waals surface area (Å²) in [5, 5.41) is 2.82. The van der Waals surface area contributed by atoms with Crippen LogP contribution >= 0.6 is 0 Å². The van der Waals surface area contributed by atoms with Crippen LogP contribution in [0.3, 0.4) is 0 Å². The van der Waals surface area contributed by atoms with Crippen molar-refractivity contribution in [1.82, 2.24) is 15.3 Å². The molecule has 0 bridgehead atoms. The minimum Gasteiger partial charge on any atom is -0.348 e. The molecule has 19 heavy (non-hydrogen) atoms. The molecule has 0 unspecified atom stereocenters. The fourth-order valence-corrected chi connectivity index (χ4v) is 1.69. The van der Waals surface area contributed by atoms with Crippen LogP contribution in [0.2, 0.25) is 0 Å². The lowest BCUT2D eigenvalue weighted by Crippen LogP contribution is -2.23. The zero-order valence-corrected chi connectivity index (χ0v) is 10.5. The van der Waals surface area contributed by atoms with E-state index in [1.807, 2.05) is 24.3 Å². The molecule has 1 amide bonds. The first-order valence-electron chi connectivity index (χ1n) is 6.10. The third kappa shape index (κ3) is 3.86. The minimum atomic E-state index is -0.174. The average molecular weight is 256 g/mol. The Morgan fingerprint density at radius 2 is 1.74 bits per heavy atom. The van der Waals surface area contributed by atoms with Crippen molar-refractivity contribution in [2.75, 3.05) is 6.54 Å². The van der Waals surface area contributed by atoms with Crippen LogP contribution in [-0.4, -0.2) is 22.4 Å². The van der Waals surface area contributed by atoms with Gasteiger partial charge in [-0.15, -0.1) is 0 Å². The van der Waals surface area contributed by atoms with Gasteiger partial charge in [0.1, 0.15) is 6.33 Å². The third-order valence-corrected chi connectivity index (χ3v) is 2.73. The Hall–Kier alpha value is -2.27. The van der Waals surface area contributed by atoms with Crippen LogP contribution in [0.15, 0.2) is 43.0 Å². The highest BCUT2D eigenvalue weighted by Gasteiger charge is 2.04. The summed E-state index contributed by atoms with van der Waals surface area (Å²) in [5.41, 5.74) is 8.20. The van der Waals surface area contributed by atoms with E-state index in [-0.39, 0.29) is 5.91 Å². The molecule has 0 saturated heterocycles. The first-order valence-corrected chi connectivity index (χ1v) is 6.10. The molecule has 0 aliphatic heterocycles. The van der Waals surface area contributed by atoms with Gasteiger partial charge in [-0.1, -0.05) is 24.3 Å². The van der Waals surface area contributed by atoms with Crippen LogP contribution in [0.5, 0.6) is 0 Å². The largest absolute Gasteiger partial charge is 0.348 e. The SMILES string of the molecule is NCCc1ccc(CNC(=O)c2cncnc2)cc1. The number of carbonyl (C=O) groups excluding carboxylic acids is 1. The van der Waals surface area contributed by atoms with E-state index in [9.17, 15) is 4.79 Å². The summed E-state index contributed by atoms with van der Waals surface area (Å²) in [5.74, 6) is -0.174. The van der Waals surface area contributed by atoms with Crippen molar-refractivity contribution in [2.24, 2.45) is 5.73 Å². The van der Waals surface area contributed by atoms with Crippen LogP contribution in [-0.2, 0) is 13.0 Å².